The average molecular weight is 298 g/mol. The molecule has 0 bridgehead atoms. The Morgan fingerprint density at radius 2 is 1.73 bits per heavy atom. The fourth-order valence-corrected chi connectivity index (χ4v) is 2.74. The summed E-state index contributed by atoms with van der Waals surface area (Å²) in [4.78, 5) is 14.4. The Hall–Kier alpha value is -2.36. The Labute approximate surface area is 129 Å². The topological polar surface area (TPSA) is 32.3 Å². The molecule has 2 aromatic rings. The van der Waals surface area contributed by atoms with Crippen LogP contribution in [0.5, 0.6) is 0 Å². The molecule has 1 aliphatic rings. The number of nitrogens with one attached hydrogen (secondary N) is 1. The van der Waals surface area contributed by atoms with Crippen molar-refractivity contribution in [2.45, 2.75) is 19.3 Å². The van der Waals surface area contributed by atoms with E-state index in [0.29, 0.717) is 5.56 Å². The Bertz CT molecular complexity index is 648. The molecule has 1 aliphatic heterocycles. The zero-order valence-corrected chi connectivity index (χ0v) is 12.4. The molecule has 0 spiro atoms. The first-order valence-corrected chi connectivity index (χ1v) is 7.64. The second kappa shape index (κ2) is 6.60. The van der Waals surface area contributed by atoms with E-state index in [1.54, 1.807) is 6.07 Å². The number of nitrogens with zero attached hydrogens (tertiary/aromatic N) is 1. The molecule has 2 aromatic carbocycles. The number of piperidine rings is 1. The molecule has 0 saturated carbocycles. The molecule has 1 saturated heterocycles. The van der Waals surface area contributed by atoms with Crippen LogP contribution in [-0.4, -0.2) is 19.0 Å². The summed E-state index contributed by atoms with van der Waals surface area (Å²) < 4.78 is 13.1. The first-order chi connectivity index (χ1) is 10.7. The first kappa shape index (κ1) is 14.6. The van der Waals surface area contributed by atoms with Gasteiger partial charge < -0.3 is 10.2 Å². The number of anilines is 2. The van der Waals surface area contributed by atoms with Gasteiger partial charge in [0.25, 0.3) is 5.91 Å². The zero-order chi connectivity index (χ0) is 15.4. The molecule has 22 heavy (non-hydrogen) atoms. The number of carbonyl (C=O) groups is 1. The van der Waals surface area contributed by atoms with Gasteiger partial charge in [0.1, 0.15) is 5.82 Å². The lowest BCUT2D eigenvalue weighted by Crippen LogP contribution is -2.29. The van der Waals surface area contributed by atoms with Crippen LogP contribution >= 0.6 is 0 Å². The van der Waals surface area contributed by atoms with Gasteiger partial charge in [-0.25, -0.2) is 4.39 Å². The highest BCUT2D eigenvalue weighted by Gasteiger charge is 2.11. The molecule has 3 rings (SSSR count). The molecular formula is C18H19FN2O. The lowest BCUT2D eigenvalue weighted by molar-refractivity contribution is 0.102. The van der Waals surface area contributed by atoms with Gasteiger partial charge in [0.2, 0.25) is 0 Å². The summed E-state index contributed by atoms with van der Waals surface area (Å²) in [6, 6.07) is 13.5. The number of carbonyl (C=O) groups excluding carboxylic acids is 1. The Morgan fingerprint density at radius 1 is 1.00 bits per heavy atom. The molecule has 1 N–H and O–H groups in total. The normalized spacial score (nSPS) is 14.7. The van der Waals surface area contributed by atoms with Crippen LogP contribution in [0.1, 0.15) is 29.6 Å². The van der Waals surface area contributed by atoms with Crippen LogP contribution in [-0.2, 0) is 0 Å². The summed E-state index contributed by atoms with van der Waals surface area (Å²) in [5, 5.41) is 2.79. The van der Waals surface area contributed by atoms with Crippen LogP contribution in [0.15, 0.2) is 48.5 Å². The molecule has 1 fully saturated rings. The van der Waals surface area contributed by atoms with E-state index in [1.165, 1.54) is 43.1 Å². The Kier molecular flexibility index (Phi) is 4.37. The largest absolute Gasteiger partial charge is 0.372 e. The van der Waals surface area contributed by atoms with Crippen molar-refractivity contribution < 1.29 is 9.18 Å². The van der Waals surface area contributed by atoms with Crippen molar-refractivity contribution in [3.05, 3.63) is 59.9 Å². The van der Waals surface area contributed by atoms with Crippen molar-refractivity contribution >= 4 is 17.3 Å². The van der Waals surface area contributed by atoms with Crippen molar-refractivity contribution in [1.29, 1.82) is 0 Å². The van der Waals surface area contributed by atoms with Gasteiger partial charge in [-0.3, -0.25) is 4.79 Å². The highest BCUT2D eigenvalue weighted by Crippen LogP contribution is 2.22. The lowest BCUT2D eigenvalue weighted by atomic mass is 10.1. The van der Waals surface area contributed by atoms with Crippen LogP contribution in [0.25, 0.3) is 0 Å². The highest BCUT2D eigenvalue weighted by atomic mass is 19.1. The van der Waals surface area contributed by atoms with Crippen LogP contribution < -0.4 is 10.2 Å². The van der Waals surface area contributed by atoms with Gasteiger partial charge in [-0.2, -0.15) is 0 Å². The summed E-state index contributed by atoms with van der Waals surface area (Å²) in [5.41, 5.74) is 2.22. The van der Waals surface area contributed by atoms with Crippen LogP contribution in [0.4, 0.5) is 15.8 Å². The van der Waals surface area contributed by atoms with E-state index in [1.807, 2.05) is 24.3 Å². The quantitative estimate of drug-likeness (QED) is 0.926. The summed E-state index contributed by atoms with van der Waals surface area (Å²) in [6.45, 7) is 2.18. The third kappa shape index (κ3) is 3.45. The number of benzene rings is 2. The number of amides is 1. The second-order valence-corrected chi connectivity index (χ2v) is 5.56. The second-order valence-electron chi connectivity index (χ2n) is 5.56. The van der Waals surface area contributed by atoms with Crippen molar-refractivity contribution in [3.63, 3.8) is 0 Å². The maximum Gasteiger partial charge on any atom is 0.255 e. The molecule has 0 aromatic heterocycles. The summed E-state index contributed by atoms with van der Waals surface area (Å²) in [5.74, 6) is -0.710. The van der Waals surface area contributed by atoms with Crippen molar-refractivity contribution in [1.82, 2.24) is 0 Å². The maximum atomic E-state index is 13.1. The molecule has 0 aliphatic carbocycles. The molecule has 3 nitrogen and oxygen atoms in total. The minimum atomic E-state index is -0.409. The molecule has 1 heterocycles. The Morgan fingerprint density at radius 3 is 2.41 bits per heavy atom. The predicted octanol–water partition coefficient (Wildman–Crippen LogP) is 4.07. The minimum absolute atomic E-state index is 0.301. The smallest absolute Gasteiger partial charge is 0.255 e. The van der Waals surface area contributed by atoms with Gasteiger partial charge in [-0.15, -0.1) is 0 Å². The van der Waals surface area contributed by atoms with E-state index in [-0.39, 0.29) is 5.91 Å². The fraction of sp³-hybridized carbons (Fsp3) is 0.278. The highest BCUT2D eigenvalue weighted by molar-refractivity contribution is 6.04. The van der Waals surface area contributed by atoms with Crippen LogP contribution in [0, 0.1) is 5.82 Å². The molecule has 114 valence electrons. The van der Waals surface area contributed by atoms with Gasteiger partial charge in [0.05, 0.1) is 0 Å². The van der Waals surface area contributed by atoms with Gasteiger partial charge in [-0.05, 0) is 61.7 Å². The molecular weight excluding hydrogens is 279 g/mol. The predicted molar refractivity (Wildman–Crippen MR) is 86.9 cm³/mol. The maximum absolute atomic E-state index is 13.1. The number of halogens is 1. The lowest BCUT2D eigenvalue weighted by Gasteiger charge is -2.28. The third-order valence-electron chi connectivity index (χ3n) is 3.93. The number of hydrogen-bond acceptors (Lipinski definition) is 2. The van der Waals surface area contributed by atoms with Crippen LogP contribution in [0.2, 0.25) is 0 Å². The summed E-state index contributed by atoms with van der Waals surface area (Å²) >= 11 is 0. The van der Waals surface area contributed by atoms with E-state index in [2.05, 4.69) is 10.2 Å². The summed E-state index contributed by atoms with van der Waals surface area (Å²) in [7, 11) is 0. The third-order valence-corrected chi connectivity index (χ3v) is 3.93. The first-order valence-electron chi connectivity index (χ1n) is 7.64. The van der Waals surface area contributed by atoms with E-state index in [9.17, 15) is 9.18 Å². The van der Waals surface area contributed by atoms with Gasteiger partial charge in [-0.1, -0.05) is 6.07 Å². The van der Waals surface area contributed by atoms with Crippen molar-refractivity contribution in [2.75, 3.05) is 23.3 Å². The molecule has 1 amide bonds. The molecule has 0 unspecified atom stereocenters. The SMILES string of the molecule is O=C(Nc1ccc(N2CCCCC2)cc1)c1cccc(F)c1. The van der Waals surface area contributed by atoms with Gasteiger partial charge >= 0.3 is 0 Å². The molecule has 0 radical (unpaired) electrons. The average Bonchev–Trinajstić information content (AvgIpc) is 2.56. The van der Waals surface area contributed by atoms with Gasteiger partial charge in [0, 0.05) is 30.0 Å². The van der Waals surface area contributed by atoms with E-state index < -0.39 is 5.82 Å². The number of hydrogen-bond donors (Lipinski definition) is 1. The fourth-order valence-electron chi connectivity index (χ4n) is 2.74. The van der Waals surface area contributed by atoms with E-state index in [0.717, 1.165) is 18.8 Å². The van der Waals surface area contributed by atoms with Gasteiger partial charge in [0.15, 0.2) is 0 Å². The number of rotatable bonds is 3. The molecule has 0 atom stereocenters. The minimum Gasteiger partial charge on any atom is -0.372 e. The van der Waals surface area contributed by atoms with E-state index >= 15 is 0 Å². The van der Waals surface area contributed by atoms with Crippen molar-refractivity contribution in [3.8, 4) is 0 Å². The van der Waals surface area contributed by atoms with Crippen LogP contribution in [0.3, 0.4) is 0 Å². The Balaban J connectivity index is 1.66. The zero-order valence-electron chi connectivity index (χ0n) is 12.4. The monoisotopic (exact) mass is 298 g/mol. The molecule has 4 heteroatoms. The standard InChI is InChI=1S/C18H19FN2O/c19-15-6-4-5-14(13-15)18(22)20-16-7-9-17(10-8-16)21-11-2-1-3-12-21/h4-10,13H,1-3,11-12H2,(H,20,22). The summed E-state index contributed by atoms with van der Waals surface area (Å²) in [6.07, 6.45) is 3.77. The van der Waals surface area contributed by atoms with E-state index in [4.69, 9.17) is 0 Å². The van der Waals surface area contributed by atoms with Crippen molar-refractivity contribution in [2.24, 2.45) is 0 Å².